The van der Waals surface area contributed by atoms with Crippen molar-refractivity contribution in [1.29, 1.82) is 0 Å². The maximum atomic E-state index is 10.9. The molecular weight excluding hydrogens is 150 g/mol. The third-order valence-electron chi connectivity index (χ3n) is 1.49. The molecule has 0 bridgehead atoms. The van der Waals surface area contributed by atoms with E-state index in [4.69, 9.17) is 0 Å². The van der Waals surface area contributed by atoms with Crippen molar-refractivity contribution in [2.45, 2.75) is 6.54 Å². The van der Waals surface area contributed by atoms with Gasteiger partial charge in [-0.25, -0.2) is 4.79 Å². The summed E-state index contributed by atoms with van der Waals surface area (Å²) in [4.78, 5) is 22.4. The highest BCUT2D eigenvalue weighted by molar-refractivity contribution is 7.10. The van der Waals surface area contributed by atoms with Gasteiger partial charge in [0.25, 0.3) is 0 Å². The molecule has 0 N–H and O–H groups in total. The first kappa shape index (κ1) is 5.73. The van der Waals surface area contributed by atoms with E-state index in [9.17, 15) is 9.70 Å². The van der Waals surface area contributed by atoms with Crippen molar-refractivity contribution in [3.8, 4) is 0 Å². The molecule has 0 aliphatic carbocycles. The molecule has 1 aliphatic heterocycles. The molecule has 0 saturated carbocycles. The predicted molar refractivity (Wildman–Crippen MR) is 36.0 cm³/mol. The summed E-state index contributed by atoms with van der Waals surface area (Å²) < 4.78 is 0.487. The lowest BCUT2D eigenvalue weighted by atomic mass is 10.3. The van der Waals surface area contributed by atoms with Crippen molar-refractivity contribution >= 4 is 17.2 Å². The van der Waals surface area contributed by atoms with Gasteiger partial charge in [-0.1, -0.05) is 0 Å². The Kier molecular flexibility index (Phi) is 0.990. The van der Waals surface area contributed by atoms with Crippen LogP contribution in [0.4, 0.5) is 0 Å². The molecule has 1 aromatic rings. The Labute approximate surface area is 60.9 Å². The molecule has 1 aliphatic rings. The molecule has 0 fully saturated rings. The average Bonchev–Trinajstić information content (AvgIpc) is 2.41. The van der Waals surface area contributed by atoms with E-state index in [0.29, 0.717) is 10.3 Å². The Hall–Kier alpha value is -1.03. The highest BCUT2D eigenvalue weighted by Gasteiger charge is 2.37. The van der Waals surface area contributed by atoms with Gasteiger partial charge < -0.3 is 0 Å². The lowest BCUT2D eigenvalue weighted by Crippen LogP contribution is -2.06. The second kappa shape index (κ2) is 1.73. The van der Waals surface area contributed by atoms with Gasteiger partial charge in [-0.15, -0.1) is 11.3 Å². The summed E-state index contributed by atoms with van der Waals surface area (Å²) in [6, 6.07) is 1.69. The molecule has 3 nitrogen and oxygen atoms in total. The molecule has 0 atom stereocenters. The van der Waals surface area contributed by atoms with Crippen LogP contribution < -0.4 is 0 Å². The second-order valence-corrected chi connectivity index (χ2v) is 3.10. The van der Waals surface area contributed by atoms with Crippen LogP contribution in [0.2, 0.25) is 0 Å². The molecular formula is C6H4NO2S+. The molecule has 2 heterocycles. The fourth-order valence-corrected chi connectivity index (χ4v) is 1.83. The Balaban J connectivity index is 2.63. The van der Waals surface area contributed by atoms with Crippen molar-refractivity contribution in [2.75, 3.05) is 0 Å². The quantitative estimate of drug-likeness (QED) is 0.526. The topological polar surface area (TPSA) is 37.1 Å². The first-order valence-electron chi connectivity index (χ1n) is 2.84. The fourth-order valence-electron chi connectivity index (χ4n) is 0.990. The van der Waals surface area contributed by atoms with Crippen LogP contribution >= 0.6 is 11.3 Å². The standard InChI is InChI=1S/C6H4NO2S/c8-6-4-1-2-10-5(4)3-7(6)9/h1-2H,3H2/q+1. The number of carbonyl (C=O) groups excluding carboxylic acids is 1. The number of fused-ring (bicyclic) bond motifs is 1. The van der Waals surface area contributed by atoms with E-state index in [-0.39, 0.29) is 6.54 Å². The van der Waals surface area contributed by atoms with Gasteiger partial charge in [0, 0.05) is 4.91 Å². The highest BCUT2D eigenvalue weighted by Crippen LogP contribution is 2.23. The molecule has 10 heavy (non-hydrogen) atoms. The average molecular weight is 154 g/mol. The molecule has 1 amide bonds. The van der Waals surface area contributed by atoms with Crippen LogP contribution in [-0.2, 0) is 6.54 Å². The van der Waals surface area contributed by atoms with Gasteiger partial charge in [0.15, 0.2) is 0 Å². The van der Waals surface area contributed by atoms with Gasteiger partial charge >= 0.3 is 5.91 Å². The van der Waals surface area contributed by atoms with E-state index in [1.807, 2.05) is 5.38 Å². The molecule has 0 unspecified atom stereocenters. The number of carbonyl (C=O) groups is 1. The SMILES string of the molecule is O=C1c2ccsc2C[N+]1=O. The largest absolute Gasteiger partial charge is 0.466 e. The Morgan fingerprint density at radius 3 is 3.10 bits per heavy atom. The Morgan fingerprint density at radius 2 is 2.40 bits per heavy atom. The van der Waals surface area contributed by atoms with E-state index in [1.165, 1.54) is 11.3 Å². The van der Waals surface area contributed by atoms with Crippen LogP contribution in [0.1, 0.15) is 15.2 Å². The van der Waals surface area contributed by atoms with Crippen molar-refractivity contribution in [3.05, 3.63) is 26.8 Å². The van der Waals surface area contributed by atoms with Crippen LogP contribution in [0.25, 0.3) is 0 Å². The zero-order valence-electron chi connectivity index (χ0n) is 5.03. The molecule has 50 valence electrons. The molecule has 0 radical (unpaired) electrons. The molecule has 4 heteroatoms. The maximum absolute atomic E-state index is 10.9. The van der Waals surface area contributed by atoms with E-state index in [1.54, 1.807) is 6.07 Å². The summed E-state index contributed by atoms with van der Waals surface area (Å²) in [5, 5.41) is 1.83. The van der Waals surface area contributed by atoms with Crippen LogP contribution in [0.5, 0.6) is 0 Å². The van der Waals surface area contributed by atoms with Gasteiger partial charge in [0.05, 0.1) is 9.64 Å². The molecule has 0 spiro atoms. The van der Waals surface area contributed by atoms with E-state index < -0.39 is 5.91 Å². The minimum Gasteiger partial charge on any atom is -0.209 e. The molecule has 0 aromatic carbocycles. The number of nitrogens with zero attached hydrogens (tertiary/aromatic N) is 1. The summed E-state index contributed by atoms with van der Waals surface area (Å²) in [5.74, 6) is -0.392. The van der Waals surface area contributed by atoms with Gasteiger partial charge in [0.2, 0.25) is 6.54 Å². The van der Waals surface area contributed by atoms with Crippen molar-refractivity contribution in [2.24, 2.45) is 0 Å². The lowest BCUT2D eigenvalue weighted by molar-refractivity contribution is -0.458. The number of rotatable bonds is 0. The molecule has 0 saturated heterocycles. The number of nitroso groups, excluding NO2 is 1. The van der Waals surface area contributed by atoms with Gasteiger partial charge in [-0.05, 0) is 11.4 Å². The fraction of sp³-hybridized carbons (Fsp3) is 0.167. The van der Waals surface area contributed by atoms with E-state index in [2.05, 4.69) is 0 Å². The first-order chi connectivity index (χ1) is 4.79. The molecule has 2 rings (SSSR count). The zero-order chi connectivity index (χ0) is 7.14. The van der Waals surface area contributed by atoms with Crippen LogP contribution in [-0.4, -0.2) is 10.7 Å². The summed E-state index contributed by atoms with van der Waals surface area (Å²) in [6.45, 7) is 0.242. The smallest absolute Gasteiger partial charge is 0.209 e. The molecule has 1 aromatic heterocycles. The minimum absolute atomic E-state index is 0.242. The third-order valence-corrected chi connectivity index (χ3v) is 2.40. The van der Waals surface area contributed by atoms with Crippen molar-refractivity contribution < 1.29 is 9.55 Å². The summed E-state index contributed by atoms with van der Waals surface area (Å²) in [5.41, 5.74) is 0.583. The summed E-state index contributed by atoms with van der Waals surface area (Å²) >= 11 is 1.46. The maximum Gasteiger partial charge on any atom is 0.466 e. The normalized spacial score (nSPS) is 16.0. The lowest BCUT2D eigenvalue weighted by Gasteiger charge is -1.70. The predicted octanol–water partition coefficient (Wildman–Crippen LogP) is 1.18. The van der Waals surface area contributed by atoms with Crippen molar-refractivity contribution in [1.82, 2.24) is 0 Å². The van der Waals surface area contributed by atoms with Gasteiger partial charge in [0.1, 0.15) is 5.56 Å². The van der Waals surface area contributed by atoms with Gasteiger partial charge in [-0.2, -0.15) is 0 Å². The summed E-state index contributed by atoms with van der Waals surface area (Å²) in [6.07, 6.45) is 0. The number of hydrogen-bond acceptors (Lipinski definition) is 3. The Morgan fingerprint density at radius 1 is 1.60 bits per heavy atom. The highest BCUT2D eigenvalue weighted by atomic mass is 32.1. The number of hydrogen-bond donors (Lipinski definition) is 0. The van der Waals surface area contributed by atoms with Crippen LogP contribution in [0.3, 0.4) is 0 Å². The number of thiophene rings is 1. The second-order valence-electron chi connectivity index (χ2n) is 2.10. The minimum atomic E-state index is -0.392. The number of amides is 1. The zero-order valence-corrected chi connectivity index (χ0v) is 5.85. The first-order valence-corrected chi connectivity index (χ1v) is 3.72. The monoisotopic (exact) mass is 154 g/mol. The van der Waals surface area contributed by atoms with Crippen LogP contribution in [0.15, 0.2) is 11.4 Å². The van der Waals surface area contributed by atoms with E-state index in [0.717, 1.165) is 4.88 Å². The summed E-state index contributed by atoms with van der Waals surface area (Å²) in [7, 11) is 0. The third kappa shape index (κ3) is 0.565. The van der Waals surface area contributed by atoms with Crippen LogP contribution in [0, 0.1) is 4.91 Å². The van der Waals surface area contributed by atoms with Gasteiger partial charge in [-0.3, -0.25) is 0 Å². The Bertz CT molecular complexity index is 315. The van der Waals surface area contributed by atoms with Crippen molar-refractivity contribution in [3.63, 3.8) is 0 Å². The van der Waals surface area contributed by atoms with E-state index >= 15 is 0 Å².